The van der Waals surface area contributed by atoms with E-state index in [9.17, 15) is 18.0 Å². The van der Waals surface area contributed by atoms with Gasteiger partial charge in [-0.15, -0.1) is 0 Å². The highest BCUT2D eigenvalue weighted by molar-refractivity contribution is 7.92. The van der Waals surface area contributed by atoms with E-state index in [1.54, 1.807) is 50.1 Å². The van der Waals surface area contributed by atoms with Gasteiger partial charge in [0.15, 0.2) is 0 Å². The van der Waals surface area contributed by atoms with E-state index >= 15 is 0 Å². The largest absolute Gasteiger partial charge is 0.357 e. The number of nitrogens with one attached hydrogen (secondary N) is 2. The fourth-order valence-electron chi connectivity index (χ4n) is 4.87. The molecule has 10 heteroatoms. The number of nitrogens with zero attached hydrogens (tertiary/aromatic N) is 2. The van der Waals surface area contributed by atoms with E-state index in [0.29, 0.717) is 29.7 Å². The summed E-state index contributed by atoms with van der Waals surface area (Å²) >= 11 is 0. The number of benzene rings is 2. The van der Waals surface area contributed by atoms with Crippen molar-refractivity contribution in [2.75, 3.05) is 11.8 Å². The number of hydrogen-bond donors (Lipinski definition) is 2. The number of unbranched alkanes of at least 4 members (excludes halogenated alkanes) is 1. The number of hydrogen-bond acceptors (Lipinski definition) is 6. The summed E-state index contributed by atoms with van der Waals surface area (Å²) in [5.74, 6) is -0.239. The Labute approximate surface area is 243 Å². The fraction of sp³-hybridized carbons (Fsp3) is 0.452. The molecule has 3 aromatic rings. The zero-order valence-corrected chi connectivity index (χ0v) is 25.9. The molecule has 0 saturated carbocycles. The summed E-state index contributed by atoms with van der Waals surface area (Å²) in [5.41, 5.74) is 4.37. The Morgan fingerprint density at radius 2 is 1.76 bits per heavy atom. The van der Waals surface area contributed by atoms with Gasteiger partial charge in [0.05, 0.1) is 10.6 Å². The van der Waals surface area contributed by atoms with Gasteiger partial charge < -0.3 is 14.7 Å². The summed E-state index contributed by atoms with van der Waals surface area (Å²) in [6.45, 7) is 11.7. The summed E-state index contributed by atoms with van der Waals surface area (Å²) in [5, 5.41) is 6.56. The van der Waals surface area contributed by atoms with Gasteiger partial charge >= 0.3 is 0 Å². The summed E-state index contributed by atoms with van der Waals surface area (Å²) < 4.78 is 34.7. The number of sulfonamides is 1. The van der Waals surface area contributed by atoms with Crippen LogP contribution in [-0.4, -0.2) is 43.4 Å². The zero-order chi connectivity index (χ0) is 30.3. The maximum absolute atomic E-state index is 13.5. The molecule has 2 aromatic carbocycles. The van der Waals surface area contributed by atoms with E-state index < -0.39 is 16.1 Å². The van der Waals surface area contributed by atoms with Gasteiger partial charge in [-0.2, -0.15) is 0 Å². The lowest BCUT2D eigenvalue weighted by molar-refractivity contribution is -0.142. The second kappa shape index (κ2) is 13.8. The second-order valence-electron chi connectivity index (χ2n) is 10.6. The molecule has 9 nitrogen and oxygen atoms in total. The molecule has 1 heterocycles. The van der Waals surface area contributed by atoms with Crippen LogP contribution >= 0.6 is 0 Å². The van der Waals surface area contributed by atoms with Crippen molar-refractivity contribution in [1.82, 2.24) is 15.4 Å². The maximum Gasteiger partial charge on any atom is 0.264 e. The van der Waals surface area contributed by atoms with Crippen molar-refractivity contribution in [2.45, 2.75) is 84.7 Å². The van der Waals surface area contributed by atoms with Crippen LogP contribution in [0.5, 0.6) is 0 Å². The topological polar surface area (TPSA) is 122 Å². The number of carbonyl (C=O) groups is 2. The number of aryl methyl sites for hydroxylation is 2. The predicted molar refractivity (Wildman–Crippen MR) is 161 cm³/mol. The lowest BCUT2D eigenvalue weighted by Gasteiger charge is -2.33. The first-order valence-electron chi connectivity index (χ1n) is 14.1. The molecule has 1 unspecified atom stereocenters. The van der Waals surface area contributed by atoms with Crippen molar-refractivity contribution in [3.05, 3.63) is 64.8 Å². The molecule has 1 aromatic heterocycles. The third-order valence-corrected chi connectivity index (χ3v) is 8.69. The highest BCUT2D eigenvalue weighted by atomic mass is 32.2. The van der Waals surface area contributed by atoms with Gasteiger partial charge in [-0.3, -0.25) is 9.59 Å². The molecule has 0 saturated heterocycles. The van der Waals surface area contributed by atoms with Crippen LogP contribution in [0.2, 0.25) is 0 Å². The smallest absolute Gasteiger partial charge is 0.264 e. The normalized spacial score (nSPS) is 12.3. The Hall–Kier alpha value is -3.66. The molecule has 0 aliphatic carbocycles. The van der Waals surface area contributed by atoms with Crippen LogP contribution in [0.25, 0.3) is 11.1 Å². The van der Waals surface area contributed by atoms with Crippen LogP contribution in [-0.2, 0) is 32.6 Å². The molecule has 0 bridgehead atoms. The average Bonchev–Trinajstić information content (AvgIpc) is 3.26. The van der Waals surface area contributed by atoms with Crippen LogP contribution in [0.15, 0.2) is 51.9 Å². The number of carbonyl (C=O) groups excluding carboxylic acids is 2. The van der Waals surface area contributed by atoms with Crippen LogP contribution in [0.1, 0.15) is 69.3 Å². The van der Waals surface area contributed by atoms with E-state index in [1.165, 1.54) is 0 Å². The number of amides is 2. The molecule has 0 spiro atoms. The first-order valence-corrected chi connectivity index (χ1v) is 15.6. The van der Waals surface area contributed by atoms with Gasteiger partial charge in [0.25, 0.3) is 10.0 Å². The van der Waals surface area contributed by atoms with Gasteiger partial charge in [0.2, 0.25) is 17.7 Å². The van der Waals surface area contributed by atoms with Gasteiger partial charge in [-0.25, -0.2) is 13.1 Å². The molecule has 3 rings (SSSR count). The summed E-state index contributed by atoms with van der Waals surface area (Å²) in [7, 11) is -2.40. The zero-order valence-electron chi connectivity index (χ0n) is 25.1. The highest BCUT2D eigenvalue weighted by Gasteiger charge is 2.32. The molecule has 0 fully saturated rings. The standard InChI is InChI=1S/C31H42N4O5S/c1-8-10-15-28(36)35(29(20(3)4)30(37)32-7)19-23-16-17-25(24(9-2)18-23)26-13-11-12-14-27(26)41(38,39)34-31-21(5)22(6)33-40-31/h11-14,16-18,20,29,34H,8-10,15,19H2,1-7H3,(H,32,37). The molecule has 41 heavy (non-hydrogen) atoms. The second-order valence-corrected chi connectivity index (χ2v) is 12.2. The molecular weight excluding hydrogens is 540 g/mol. The molecule has 2 amide bonds. The van der Waals surface area contributed by atoms with Crippen LogP contribution in [0.3, 0.4) is 0 Å². The monoisotopic (exact) mass is 582 g/mol. The Bertz CT molecular complexity index is 1480. The number of aromatic nitrogens is 1. The predicted octanol–water partition coefficient (Wildman–Crippen LogP) is 5.61. The molecule has 1 atom stereocenters. The van der Waals surface area contributed by atoms with Gasteiger partial charge in [0, 0.05) is 31.1 Å². The lowest BCUT2D eigenvalue weighted by Crippen LogP contribution is -2.51. The molecule has 2 N–H and O–H groups in total. The van der Waals surface area contributed by atoms with Crippen LogP contribution in [0, 0.1) is 19.8 Å². The van der Waals surface area contributed by atoms with Crippen molar-refractivity contribution in [2.24, 2.45) is 5.92 Å². The summed E-state index contributed by atoms with van der Waals surface area (Å²) in [4.78, 5) is 27.9. The van der Waals surface area contributed by atoms with Crippen LogP contribution in [0.4, 0.5) is 5.88 Å². The van der Waals surface area contributed by atoms with E-state index in [2.05, 4.69) is 15.2 Å². The minimum Gasteiger partial charge on any atom is -0.357 e. The Kier molecular flexibility index (Phi) is 10.7. The van der Waals surface area contributed by atoms with E-state index in [1.807, 2.05) is 45.9 Å². The van der Waals surface area contributed by atoms with Crippen molar-refractivity contribution in [1.29, 1.82) is 0 Å². The summed E-state index contributed by atoms with van der Waals surface area (Å²) in [6, 6.07) is 12.0. The van der Waals surface area contributed by atoms with Crippen molar-refractivity contribution >= 4 is 27.7 Å². The van der Waals surface area contributed by atoms with Crippen molar-refractivity contribution in [3.63, 3.8) is 0 Å². The number of rotatable bonds is 13. The van der Waals surface area contributed by atoms with E-state index in [0.717, 1.165) is 29.5 Å². The average molecular weight is 583 g/mol. The van der Waals surface area contributed by atoms with Crippen LogP contribution < -0.4 is 10.0 Å². The van der Waals surface area contributed by atoms with Crippen molar-refractivity contribution in [3.8, 4) is 11.1 Å². The molecule has 222 valence electrons. The minimum absolute atomic E-state index is 0.0586. The van der Waals surface area contributed by atoms with Gasteiger partial charge in [0.1, 0.15) is 6.04 Å². The summed E-state index contributed by atoms with van der Waals surface area (Å²) in [6.07, 6.45) is 2.64. The molecule has 0 aliphatic heterocycles. The highest BCUT2D eigenvalue weighted by Crippen LogP contribution is 2.33. The minimum atomic E-state index is -3.99. The molecular formula is C31H42N4O5S. The SMILES string of the molecule is CCCCC(=O)N(Cc1ccc(-c2ccccc2S(=O)(=O)Nc2onc(C)c2C)c(CC)c1)C(C(=O)NC)C(C)C. The Morgan fingerprint density at radius 3 is 2.34 bits per heavy atom. The number of anilines is 1. The first-order chi connectivity index (χ1) is 19.4. The van der Waals surface area contributed by atoms with E-state index in [4.69, 9.17) is 4.52 Å². The van der Waals surface area contributed by atoms with Gasteiger partial charge in [-0.05, 0) is 55.4 Å². The van der Waals surface area contributed by atoms with Crippen molar-refractivity contribution < 1.29 is 22.5 Å². The third-order valence-electron chi connectivity index (χ3n) is 7.30. The van der Waals surface area contributed by atoms with Gasteiger partial charge in [-0.1, -0.05) is 75.7 Å². The lowest BCUT2D eigenvalue weighted by atomic mass is 9.94. The quantitative estimate of drug-likeness (QED) is 0.270. The number of likely N-dealkylation sites (N-methyl/N-ethyl adjacent to an activating group) is 1. The third kappa shape index (κ3) is 7.35. The Morgan fingerprint density at radius 1 is 1.05 bits per heavy atom. The fourth-order valence-corrected chi connectivity index (χ4v) is 6.14. The first kappa shape index (κ1) is 31.9. The molecule has 0 radical (unpaired) electrons. The Balaban J connectivity index is 2.02. The maximum atomic E-state index is 13.5. The van der Waals surface area contributed by atoms with E-state index in [-0.39, 0.29) is 35.1 Å². The molecule has 0 aliphatic rings.